The lowest BCUT2D eigenvalue weighted by molar-refractivity contribution is -0.139. The molecular formula is C29H24N2O6S2. The number of aromatic nitrogens is 1. The third-order valence-corrected chi connectivity index (χ3v) is 7.97. The number of aromatic carboxylic acids is 1. The quantitative estimate of drug-likeness (QED) is 0.262. The van der Waals surface area contributed by atoms with Gasteiger partial charge in [-0.2, -0.15) is 0 Å². The number of rotatable bonds is 7. The Morgan fingerprint density at radius 3 is 2.64 bits per heavy atom. The summed E-state index contributed by atoms with van der Waals surface area (Å²) >= 11 is 2.81. The number of furan rings is 1. The van der Waals surface area contributed by atoms with E-state index in [1.165, 1.54) is 28.0 Å². The number of fused-ring (bicyclic) bond motifs is 1. The molecule has 10 heteroatoms. The summed E-state index contributed by atoms with van der Waals surface area (Å²) in [6.45, 7) is 3.69. The molecule has 39 heavy (non-hydrogen) atoms. The Bertz CT molecular complexity index is 1790. The van der Waals surface area contributed by atoms with Crippen molar-refractivity contribution >= 4 is 41.1 Å². The molecule has 0 bridgehead atoms. The molecule has 0 aliphatic carbocycles. The average Bonchev–Trinajstić information content (AvgIpc) is 3.52. The molecule has 1 atom stereocenters. The summed E-state index contributed by atoms with van der Waals surface area (Å²) in [5, 5.41) is 9.28. The molecule has 0 spiro atoms. The highest BCUT2D eigenvalue weighted by Gasteiger charge is 2.33. The molecule has 0 radical (unpaired) electrons. The van der Waals surface area contributed by atoms with Crippen molar-refractivity contribution in [3.05, 3.63) is 109 Å². The highest BCUT2D eigenvalue weighted by atomic mass is 32.2. The van der Waals surface area contributed by atoms with E-state index in [-0.39, 0.29) is 17.7 Å². The van der Waals surface area contributed by atoms with Crippen molar-refractivity contribution < 1.29 is 23.8 Å². The molecule has 4 aromatic rings. The Kier molecular flexibility index (Phi) is 7.40. The zero-order valence-corrected chi connectivity index (χ0v) is 23.0. The van der Waals surface area contributed by atoms with Crippen molar-refractivity contribution in [1.82, 2.24) is 4.57 Å². The first-order valence-corrected chi connectivity index (χ1v) is 14.1. The van der Waals surface area contributed by atoms with Gasteiger partial charge >= 0.3 is 11.9 Å². The first-order valence-electron chi connectivity index (χ1n) is 12.1. The number of thiazole rings is 1. The summed E-state index contributed by atoms with van der Waals surface area (Å²) in [6, 6.07) is 16.9. The third kappa shape index (κ3) is 5.13. The highest BCUT2D eigenvalue weighted by molar-refractivity contribution is 7.98. The van der Waals surface area contributed by atoms with E-state index >= 15 is 0 Å². The van der Waals surface area contributed by atoms with Gasteiger partial charge in [0.25, 0.3) is 5.56 Å². The zero-order chi connectivity index (χ0) is 27.7. The molecule has 5 rings (SSSR count). The van der Waals surface area contributed by atoms with Gasteiger partial charge in [-0.25, -0.2) is 14.6 Å². The molecule has 0 fully saturated rings. The highest BCUT2D eigenvalue weighted by Crippen LogP contribution is 2.32. The fourth-order valence-corrected chi connectivity index (χ4v) is 5.85. The van der Waals surface area contributed by atoms with E-state index in [1.54, 1.807) is 56.0 Å². The van der Waals surface area contributed by atoms with Crippen LogP contribution in [0.25, 0.3) is 17.4 Å². The Morgan fingerprint density at radius 2 is 1.95 bits per heavy atom. The van der Waals surface area contributed by atoms with Crippen LogP contribution in [0.1, 0.15) is 41.6 Å². The predicted molar refractivity (Wildman–Crippen MR) is 150 cm³/mol. The minimum atomic E-state index is -1.03. The Labute approximate surface area is 231 Å². The van der Waals surface area contributed by atoms with E-state index in [9.17, 15) is 19.5 Å². The maximum atomic E-state index is 13.8. The Hall–Kier alpha value is -4.15. The maximum absolute atomic E-state index is 13.8. The first kappa shape index (κ1) is 26.5. The van der Waals surface area contributed by atoms with Crippen molar-refractivity contribution in [3.63, 3.8) is 0 Å². The number of hydrogen-bond acceptors (Lipinski definition) is 8. The molecule has 0 saturated heterocycles. The minimum absolute atomic E-state index is 0.150. The molecule has 1 unspecified atom stereocenters. The minimum Gasteiger partial charge on any atom is -0.478 e. The van der Waals surface area contributed by atoms with E-state index in [4.69, 9.17) is 9.15 Å². The number of hydrogen-bond donors (Lipinski definition) is 1. The first-order chi connectivity index (χ1) is 18.8. The number of carboxylic acid groups (broad SMARTS) is 1. The predicted octanol–water partition coefficient (Wildman–Crippen LogP) is 4.48. The number of thioether (sulfide) groups is 1. The molecule has 2 aromatic carbocycles. The van der Waals surface area contributed by atoms with E-state index in [1.807, 2.05) is 30.5 Å². The van der Waals surface area contributed by atoms with Crippen LogP contribution in [0.2, 0.25) is 0 Å². The largest absolute Gasteiger partial charge is 0.478 e. The average molecular weight is 561 g/mol. The van der Waals surface area contributed by atoms with Crippen LogP contribution in [-0.2, 0) is 9.53 Å². The lowest BCUT2D eigenvalue weighted by Gasteiger charge is -2.24. The summed E-state index contributed by atoms with van der Waals surface area (Å²) in [5.74, 6) is -0.631. The van der Waals surface area contributed by atoms with Crippen LogP contribution in [0.15, 0.2) is 91.0 Å². The number of benzene rings is 2. The molecule has 1 aliphatic heterocycles. The second kappa shape index (κ2) is 10.9. The molecule has 198 valence electrons. The van der Waals surface area contributed by atoms with Gasteiger partial charge in [0.1, 0.15) is 11.5 Å². The van der Waals surface area contributed by atoms with Crippen LogP contribution in [0.3, 0.4) is 0 Å². The van der Waals surface area contributed by atoms with Crippen LogP contribution >= 0.6 is 23.1 Å². The molecule has 0 amide bonds. The molecule has 1 N–H and O–H groups in total. The SMILES string of the molecule is CCOC(=O)C1=C(C)N=c2s/c(=C\c3ccc(-c4cccc(C(=O)O)c4)o3)c(=O)n2C1c1ccc(SC)cc1. The monoisotopic (exact) mass is 560 g/mol. The van der Waals surface area contributed by atoms with Crippen LogP contribution in [0.4, 0.5) is 0 Å². The fourth-order valence-electron chi connectivity index (χ4n) is 4.41. The van der Waals surface area contributed by atoms with Crippen LogP contribution < -0.4 is 14.9 Å². The molecule has 2 aromatic heterocycles. The van der Waals surface area contributed by atoms with Gasteiger partial charge in [-0.1, -0.05) is 35.6 Å². The standard InChI is InChI=1S/C29H24N2O6S2/c1-4-36-28(35)24-16(2)30-29-31(25(24)17-8-11-21(38-3)12-9-17)26(32)23(39-29)15-20-10-13-22(37-20)18-6-5-7-19(14-18)27(33)34/h5-15,25H,4H2,1-3H3,(H,33,34)/b23-15-. The number of carbonyl (C=O) groups excluding carboxylic acids is 1. The number of ether oxygens (including phenoxy) is 1. The van der Waals surface area contributed by atoms with Gasteiger partial charge in [0, 0.05) is 16.5 Å². The Balaban J connectivity index is 1.61. The van der Waals surface area contributed by atoms with Crippen molar-refractivity contribution in [2.45, 2.75) is 24.8 Å². The van der Waals surface area contributed by atoms with Crippen LogP contribution in [0, 0.1) is 0 Å². The van der Waals surface area contributed by atoms with Gasteiger partial charge < -0.3 is 14.3 Å². The van der Waals surface area contributed by atoms with Crippen LogP contribution in [0.5, 0.6) is 0 Å². The van der Waals surface area contributed by atoms with Gasteiger partial charge in [0.2, 0.25) is 0 Å². The van der Waals surface area contributed by atoms with Gasteiger partial charge in [0.15, 0.2) is 4.80 Å². The number of esters is 1. The normalized spacial score (nSPS) is 15.2. The molecule has 3 heterocycles. The van der Waals surface area contributed by atoms with E-state index < -0.39 is 18.0 Å². The number of carboxylic acids is 1. The van der Waals surface area contributed by atoms with Gasteiger partial charge in [-0.3, -0.25) is 9.36 Å². The van der Waals surface area contributed by atoms with Gasteiger partial charge in [-0.05, 0) is 62.1 Å². The Morgan fingerprint density at radius 1 is 1.18 bits per heavy atom. The molecule has 8 nitrogen and oxygen atoms in total. The molecule has 1 aliphatic rings. The number of nitrogens with zero attached hydrogens (tertiary/aromatic N) is 2. The smallest absolute Gasteiger partial charge is 0.338 e. The summed E-state index contributed by atoms with van der Waals surface area (Å²) < 4.78 is 13.2. The maximum Gasteiger partial charge on any atom is 0.338 e. The van der Waals surface area contributed by atoms with Gasteiger partial charge in [0.05, 0.1) is 34.0 Å². The number of carbonyl (C=O) groups is 2. The van der Waals surface area contributed by atoms with Gasteiger partial charge in [-0.15, -0.1) is 11.8 Å². The summed E-state index contributed by atoms with van der Waals surface area (Å²) in [4.78, 5) is 44.2. The second-order valence-corrected chi connectivity index (χ2v) is 10.6. The lowest BCUT2D eigenvalue weighted by atomic mass is 9.96. The molecular weight excluding hydrogens is 536 g/mol. The van der Waals surface area contributed by atoms with Crippen molar-refractivity contribution in [2.75, 3.05) is 12.9 Å². The summed E-state index contributed by atoms with van der Waals surface area (Å²) in [7, 11) is 0. The summed E-state index contributed by atoms with van der Waals surface area (Å²) in [6.07, 6.45) is 3.61. The zero-order valence-electron chi connectivity index (χ0n) is 21.3. The van der Waals surface area contributed by atoms with Crippen molar-refractivity contribution in [2.24, 2.45) is 4.99 Å². The van der Waals surface area contributed by atoms with Crippen molar-refractivity contribution in [1.29, 1.82) is 0 Å². The topological polar surface area (TPSA) is 111 Å². The van der Waals surface area contributed by atoms with Crippen molar-refractivity contribution in [3.8, 4) is 11.3 Å². The molecule has 0 saturated carbocycles. The second-order valence-electron chi connectivity index (χ2n) is 8.66. The third-order valence-electron chi connectivity index (χ3n) is 6.24. The fraction of sp³-hybridized carbons (Fsp3) is 0.172. The lowest BCUT2D eigenvalue weighted by Crippen LogP contribution is -2.39. The van der Waals surface area contributed by atoms with E-state index in [2.05, 4.69) is 4.99 Å². The van der Waals surface area contributed by atoms with E-state index in [0.717, 1.165) is 10.5 Å². The summed E-state index contributed by atoms with van der Waals surface area (Å²) in [5.41, 5.74) is 2.05. The number of allylic oxidation sites excluding steroid dienone is 1. The van der Waals surface area contributed by atoms with E-state index in [0.29, 0.717) is 37.7 Å². The van der Waals surface area contributed by atoms with Crippen LogP contribution in [-0.4, -0.2) is 34.5 Å².